The highest BCUT2D eigenvalue weighted by atomic mass is 79.9. The maximum Gasteiger partial charge on any atom is 0.433 e. The van der Waals surface area contributed by atoms with Crippen molar-refractivity contribution in [2.75, 3.05) is 16.8 Å². The van der Waals surface area contributed by atoms with Crippen molar-refractivity contribution in [1.29, 1.82) is 0 Å². The van der Waals surface area contributed by atoms with Gasteiger partial charge in [0.2, 0.25) is 5.95 Å². The van der Waals surface area contributed by atoms with Crippen LogP contribution in [-0.4, -0.2) is 27.9 Å². The minimum atomic E-state index is -4.43. The van der Waals surface area contributed by atoms with Crippen LogP contribution in [0.5, 0.6) is 0 Å². The molecule has 0 amide bonds. The van der Waals surface area contributed by atoms with Gasteiger partial charge in [0.05, 0.1) is 0 Å². The lowest BCUT2D eigenvalue weighted by atomic mass is 10.3. The molecule has 102 valence electrons. The van der Waals surface area contributed by atoms with E-state index in [4.69, 9.17) is 0 Å². The lowest BCUT2D eigenvalue weighted by molar-refractivity contribution is -0.141. The molecule has 0 aromatic carbocycles. The molecule has 0 saturated heterocycles. The van der Waals surface area contributed by atoms with Crippen molar-refractivity contribution < 1.29 is 13.2 Å². The summed E-state index contributed by atoms with van der Waals surface area (Å²) in [6, 6.07) is 0.930. The molecule has 1 heterocycles. The minimum Gasteiger partial charge on any atom is -0.338 e. The van der Waals surface area contributed by atoms with E-state index in [1.165, 1.54) is 0 Å². The molecule has 0 spiro atoms. The highest BCUT2D eigenvalue weighted by molar-refractivity contribution is 9.09. The maximum absolute atomic E-state index is 12.6. The predicted molar refractivity (Wildman–Crippen MR) is 67.9 cm³/mol. The zero-order chi connectivity index (χ0) is 13.8. The van der Waals surface area contributed by atoms with Crippen LogP contribution in [0.3, 0.4) is 0 Å². The molecule has 1 rings (SSSR count). The fraction of sp³-hybridized carbons (Fsp3) is 0.636. The van der Waals surface area contributed by atoms with Gasteiger partial charge in [-0.1, -0.05) is 15.9 Å². The van der Waals surface area contributed by atoms with Gasteiger partial charge in [-0.05, 0) is 26.3 Å². The van der Waals surface area contributed by atoms with Gasteiger partial charge in [0.25, 0.3) is 0 Å². The molecule has 7 heteroatoms. The first-order valence-electron chi connectivity index (χ1n) is 5.59. The number of aromatic nitrogens is 2. The molecule has 0 bridgehead atoms. The lowest BCUT2D eigenvalue weighted by Gasteiger charge is -2.26. The van der Waals surface area contributed by atoms with Crippen LogP contribution in [0, 0.1) is 0 Å². The van der Waals surface area contributed by atoms with Crippen molar-refractivity contribution in [2.45, 2.75) is 32.5 Å². The Labute approximate surface area is 113 Å². The van der Waals surface area contributed by atoms with E-state index in [-0.39, 0.29) is 12.0 Å². The zero-order valence-electron chi connectivity index (χ0n) is 10.2. The molecule has 0 fully saturated rings. The third-order valence-electron chi connectivity index (χ3n) is 2.35. The third-order valence-corrected chi connectivity index (χ3v) is 2.91. The fourth-order valence-electron chi connectivity index (χ4n) is 1.46. The van der Waals surface area contributed by atoms with Crippen LogP contribution in [-0.2, 0) is 6.18 Å². The monoisotopic (exact) mass is 325 g/mol. The molecular weight excluding hydrogens is 311 g/mol. The van der Waals surface area contributed by atoms with Gasteiger partial charge >= 0.3 is 6.18 Å². The summed E-state index contributed by atoms with van der Waals surface area (Å²) in [6.07, 6.45) is -2.47. The van der Waals surface area contributed by atoms with Crippen molar-refractivity contribution in [2.24, 2.45) is 0 Å². The number of alkyl halides is 4. The smallest absolute Gasteiger partial charge is 0.338 e. The molecule has 0 aliphatic rings. The van der Waals surface area contributed by atoms with Gasteiger partial charge in [0.1, 0.15) is 5.69 Å². The van der Waals surface area contributed by atoms with E-state index in [2.05, 4.69) is 25.9 Å². The first-order chi connectivity index (χ1) is 8.36. The predicted octanol–water partition coefficient (Wildman–Crippen LogP) is 3.50. The summed E-state index contributed by atoms with van der Waals surface area (Å²) < 4.78 is 37.7. The summed E-state index contributed by atoms with van der Waals surface area (Å²) in [4.78, 5) is 9.28. The number of hydrogen-bond donors (Lipinski definition) is 0. The van der Waals surface area contributed by atoms with Gasteiger partial charge in [-0.2, -0.15) is 13.2 Å². The average molecular weight is 326 g/mol. The molecule has 0 unspecified atom stereocenters. The Kier molecular flexibility index (Phi) is 5.37. The highest BCUT2D eigenvalue weighted by Gasteiger charge is 2.33. The number of halogens is 4. The van der Waals surface area contributed by atoms with Gasteiger partial charge in [-0.25, -0.2) is 9.97 Å². The second-order valence-electron chi connectivity index (χ2n) is 4.07. The van der Waals surface area contributed by atoms with Gasteiger partial charge in [-0.15, -0.1) is 0 Å². The van der Waals surface area contributed by atoms with Crippen LogP contribution < -0.4 is 4.90 Å². The van der Waals surface area contributed by atoms with Crippen LogP contribution >= 0.6 is 15.9 Å². The first-order valence-corrected chi connectivity index (χ1v) is 6.71. The number of nitrogens with zero attached hydrogens (tertiary/aromatic N) is 3. The molecule has 0 atom stereocenters. The van der Waals surface area contributed by atoms with Gasteiger partial charge in [0, 0.05) is 24.1 Å². The summed E-state index contributed by atoms with van der Waals surface area (Å²) in [5.41, 5.74) is -0.906. The van der Waals surface area contributed by atoms with E-state index in [1.54, 1.807) is 4.90 Å². The molecule has 3 nitrogen and oxygen atoms in total. The van der Waals surface area contributed by atoms with Crippen molar-refractivity contribution in [3.05, 3.63) is 18.0 Å². The molecule has 1 aromatic rings. The molecule has 0 aliphatic heterocycles. The summed E-state index contributed by atoms with van der Waals surface area (Å²) in [6.45, 7) is 4.42. The van der Waals surface area contributed by atoms with E-state index < -0.39 is 11.9 Å². The third kappa shape index (κ3) is 4.12. The zero-order valence-corrected chi connectivity index (χ0v) is 11.8. The number of rotatable bonds is 5. The Bertz CT molecular complexity index is 382. The Balaban J connectivity index is 2.98. The van der Waals surface area contributed by atoms with Crippen molar-refractivity contribution >= 4 is 21.9 Å². The van der Waals surface area contributed by atoms with Gasteiger partial charge in [-0.3, -0.25) is 0 Å². The van der Waals surface area contributed by atoms with E-state index in [9.17, 15) is 13.2 Å². The van der Waals surface area contributed by atoms with Gasteiger partial charge in [0.15, 0.2) is 0 Å². The molecule has 0 saturated carbocycles. The summed E-state index contributed by atoms with van der Waals surface area (Å²) >= 11 is 3.30. The Morgan fingerprint density at radius 3 is 2.56 bits per heavy atom. The quantitative estimate of drug-likeness (QED) is 0.776. The van der Waals surface area contributed by atoms with Crippen molar-refractivity contribution in [3.8, 4) is 0 Å². The topological polar surface area (TPSA) is 29.0 Å². The Morgan fingerprint density at radius 1 is 1.39 bits per heavy atom. The van der Waals surface area contributed by atoms with E-state index >= 15 is 0 Å². The normalized spacial score (nSPS) is 11.9. The van der Waals surface area contributed by atoms with Crippen LogP contribution in [0.15, 0.2) is 12.3 Å². The largest absolute Gasteiger partial charge is 0.433 e. The summed E-state index contributed by atoms with van der Waals surface area (Å²) in [5, 5.41) is 0.787. The first kappa shape index (κ1) is 15.2. The maximum atomic E-state index is 12.6. The van der Waals surface area contributed by atoms with Gasteiger partial charge < -0.3 is 4.90 Å². The Morgan fingerprint density at radius 2 is 2.06 bits per heavy atom. The van der Waals surface area contributed by atoms with Crippen molar-refractivity contribution in [3.63, 3.8) is 0 Å². The highest BCUT2D eigenvalue weighted by Crippen LogP contribution is 2.28. The Hall–Kier alpha value is -0.850. The number of hydrogen-bond acceptors (Lipinski definition) is 3. The number of anilines is 1. The standard InChI is InChI=1S/C11H15BrF3N3/c1-8(2)18(7-3-5-12)10-16-6-4-9(17-10)11(13,14)15/h4,6,8H,3,5,7H2,1-2H3. The van der Waals surface area contributed by atoms with Crippen LogP contribution in [0.2, 0.25) is 0 Å². The van der Waals surface area contributed by atoms with Crippen molar-refractivity contribution in [1.82, 2.24) is 9.97 Å². The van der Waals surface area contributed by atoms with E-state index in [1.807, 2.05) is 13.8 Å². The second-order valence-corrected chi connectivity index (χ2v) is 4.86. The molecule has 1 aromatic heterocycles. The molecular formula is C11H15BrF3N3. The fourth-order valence-corrected chi connectivity index (χ4v) is 1.71. The molecule has 0 aliphatic carbocycles. The van der Waals surface area contributed by atoms with Crippen LogP contribution in [0.25, 0.3) is 0 Å². The molecule has 0 N–H and O–H groups in total. The summed E-state index contributed by atoms with van der Waals surface area (Å²) in [5.74, 6) is 0.126. The van der Waals surface area contributed by atoms with E-state index in [0.29, 0.717) is 6.54 Å². The molecule has 18 heavy (non-hydrogen) atoms. The van der Waals surface area contributed by atoms with Crippen LogP contribution in [0.4, 0.5) is 19.1 Å². The van der Waals surface area contributed by atoms with Crippen LogP contribution in [0.1, 0.15) is 26.0 Å². The average Bonchev–Trinajstić information content (AvgIpc) is 2.28. The SMILES string of the molecule is CC(C)N(CCCBr)c1nccc(C(F)(F)F)n1. The molecule has 0 radical (unpaired) electrons. The second kappa shape index (κ2) is 6.36. The minimum absolute atomic E-state index is 0.0486. The van der Waals surface area contributed by atoms with E-state index in [0.717, 1.165) is 24.0 Å². The summed E-state index contributed by atoms with van der Waals surface area (Å²) in [7, 11) is 0. The lowest BCUT2D eigenvalue weighted by Crippen LogP contribution is -2.34.